The zero-order chi connectivity index (χ0) is 9.19. The molecule has 0 saturated heterocycles. The molecule has 0 N–H and O–H groups in total. The van der Waals surface area contributed by atoms with Crippen LogP contribution in [0.25, 0.3) is 0 Å². The van der Waals surface area contributed by atoms with Gasteiger partial charge in [0.25, 0.3) is 0 Å². The Balaban J connectivity index is 2.10. The highest BCUT2D eigenvalue weighted by Crippen LogP contribution is 2.45. The lowest BCUT2D eigenvalue weighted by atomic mass is 9.75. The Morgan fingerprint density at radius 1 is 1.42 bits per heavy atom. The molecule has 72 valence electrons. The molecule has 1 rings (SSSR count). The molecule has 0 aromatic rings. The molecule has 1 fully saturated rings. The van der Waals surface area contributed by atoms with E-state index in [1.165, 1.54) is 12.8 Å². The molecule has 1 unspecified atom stereocenters. The van der Waals surface area contributed by atoms with Crippen molar-refractivity contribution in [1.29, 1.82) is 0 Å². The zero-order valence-corrected chi connectivity index (χ0v) is 7.95. The normalized spacial score (nSPS) is 25.0. The number of rotatable bonds is 4. The molecule has 0 amide bonds. The molecule has 0 heterocycles. The first-order valence-electron chi connectivity index (χ1n) is 4.91. The summed E-state index contributed by atoms with van der Waals surface area (Å²) < 4.78 is 24.8. The number of alkyl halides is 2. The van der Waals surface area contributed by atoms with Gasteiger partial charge in [0.1, 0.15) is 0 Å². The molecule has 0 aromatic carbocycles. The van der Waals surface area contributed by atoms with E-state index in [0.717, 1.165) is 6.42 Å². The third-order valence-electron chi connectivity index (χ3n) is 2.69. The largest absolute Gasteiger partial charge is 0.248 e. The van der Waals surface area contributed by atoms with E-state index in [2.05, 4.69) is 13.8 Å². The third-order valence-corrected chi connectivity index (χ3v) is 2.69. The fraction of sp³-hybridized carbons (Fsp3) is 1.00. The molecule has 12 heavy (non-hydrogen) atoms. The second kappa shape index (κ2) is 3.71. The SMILES string of the molecule is CCCC(C)CC1CC(F)(F)C1. The predicted octanol–water partition coefficient (Wildman–Crippen LogP) is 3.86. The molecule has 0 bridgehead atoms. The molecule has 1 atom stereocenters. The fourth-order valence-corrected chi connectivity index (χ4v) is 2.13. The first-order chi connectivity index (χ1) is 5.53. The third kappa shape index (κ3) is 2.72. The van der Waals surface area contributed by atoms with E-state index in [4.69, 9.17) is 0 Å². The summed E-state index contributed by atoms with van der Waals surface area (Å²) >= 11 is 0. The molecule has 0 spiro atoms. The van der Waals surface area contributed by atoms with Crippen LogP contribution in [0.5, 0.6) is 0 Å². The number of hydrogen-bond donors (Lipinski definition) is 0. The summed E-state index contributed by atoms with van der Waals surface area (Å²) in [7, 11) is 0. The molecule has 2 heteroatoms. The Hall–Kier alpha value is -0.140. The van der Waals surface area contributed by atoms with Crippen LogP contribution >= 0.6 is 0 Å². The molecule has 0 aromatic heterocycles. The Kier molecular flexibility index (Phi) is 3.08. The predicted molar refractivity (Wildman–Crippen MR) is 46.4 cm³/mol. The van der Waals surface area contributed by atoms with E-state index in [1.54, 1.807) is 0 Å². The molecular formula is C10H18F2. The van der Waals surface area contributed by atoms with Gasteiger partial charge in [-0.1, -0.05) is 26.7 Å². The summed E-state index contributed by atoms with van der Waals surface area (Å²) in [5.41, 5.74) is 0. The minimum atomic E-state index is -2.32. The maximum atomic E-state index is 12.4. The van der Waals surface area contributed by atoms with Crippen LogP contribution in [0.2, 0.25) is 0 Å². The van der Waals surface area contributed by atoms with Crippen molar-refractivity contribution in [3.05, 3.63) is 0 Å². The Morgan fingerprint density at radius 3 is 2.42 bits per heavy atom. The van der Waals surface area contributed by atoms with E-state index in [9.17, 15) is 8.78 Å². The highest BCUT2D eigenvalue weighted by molar-refractivity contribution is 4.86. The summed E-state index contributed by atoms with van der Waals surface area (Å²) in [5.74, 6) is -1.38. The average molecular weight is 176 g/mol. The zero-order valence-electron chi connectivity index (χ0n) is 7.95. The summed E-state index contributed by atoms with van der Waals surface area (Å²) in [6, 6.07) is 0. The lowest BCUT2D eigenvalue weighted by Crippen LogP contribution is -2.36. The van der Waals surface area contributed by atoms with Gasteiger partial charge in [-0.3, -0.25) is 0 Å². The minimum Gasteiger partial charge on any atom is -0.207 e. The van der Waals surface area contributed by atoms with Crippen LogP contribution in [0, 0.1) is 11.8 Å². The highest BCUT2D eigenvalue weighted by Gasteiger charge is 2.45. The van der Waals surface area contributed by atoms with E-state index in [-0.39, 0.29) is 12.8 Å². The van der Waals surface area contributed by atoms with Crippen LogP contribution in [0.15, 0.2) is 0 Å². The minimum absolute atomic E-state index is 0.140. The summed E-state index contributed by atoms with van der Waals surface area (Å²) in [6.07, 6.45) is 3.64. The van der Waals surface area contributed by atoms with Gasteiger partial charge in [0.15, 0.2) is 0 Å². The Labute approximate surface area is 73.3 Å². The Morgan fingerprint density at radius 2 is 2.00 bits per heavy atom. The average Bonchev–Trinajstić information content (AvgIpc) is 1.83. The lowest BCUT2D eigenvalue weighted by molar-refractivity contribution is -0.115. The van der Waals surface area contributed by atoms with Crippen molar-refractivity contribution in [1.82, 2.24) is 0 Å². The van der Waals surface area contributed by atoms with Crippen LogP contribution < -0.4 is 0 Å². The van der Waals surface area contributed by atoms with Crippen molar-refractivity contribution < 1.29 is 8.78 Å². The molecule has 0 radical (unpaired) electrons. The van der Waals surface area contributed by atoms with Gasteiger partial charge >= 0.3 is 0 Å². The van der Waals surface area contributed by atoms with Crippen LogP contribution in [-0.4, -0.2) is 5.92 Å². The van der Waals surface area contributed by atoms with E-state index < -0.39 is 5.92 Å². The number of hydrogen-bond acceptors (Lipinski definition) is 0. The van der Waals surface area contributed by atoms with Gasteiger partial charge in [0.2, 0.25) is 5.92 Å². The van der Waals surface area contributed by atoms with Gasteiger partial charge < -0.3 is 0 Å². The molecule has 1 saturated carbocycles. The van der Waals surface area contributed by atoms with E-state index >= 15 is 0 Å². The second-order valence-corrected chi connectivity index (χ2v) is 4.26. The first kappa shape index (κ1) is 9.94. The maximum Gasteiger partial charge on any atom is 0.248 e. The van der Waals surface area contributed by atoms with Crippen LogP contribution in [-0.2, 0) is 0 Å². The van der Waals surface area contributed by atoms with Gasteiger partial charge in [0, 0.05) is 12.8 Å². The Bertz CT molecular complexity index is 135. The van der Waals surface area contributed by atoms with Gasteiger partial charge in [-0.05, 0) is 18.3 Å². The first-order valence-corrected chi connectivity index (χ1v) is 4.91. The monoisotopic (exact) mass is 176 g/mol. The van der Waals surface area contributed by atoms with E-state index in [1.807, 2.05) is 0 Å². The van der Waals surface area contributed by atoms with Crippen molar-refractivity contribution >= 4 is 0 Å². The summed E-state index contributed by atoms with van der Waals surface area (Å²) in [6.45, 7) is 4.31. The molecule has 1 aliphatic rings. The molecular weight excluding hydrogens is 158 g/mol. The van der Waals surface area contributed by atoms with Gasteiger partial charge in [0.05, 0.1) is 0 Å². The second-order valence-electron chi connectivity index (χ2n) is 4.26. The van der Waals surface area contributed by atoms with Crippen molar-refractivity contribution in [2.45, 2.75) is 51.9 Å². The summed E-state index contributed by atoms with van der Waals surface area (Å²) in [4.78, 5) is 0. The topological polar surface area (TPSA) is 0 Å². The van der Waals surface area contributed by atoms with Crippen molar-refractivity contribution in [3.63, 3.8) is 0 Å². The standard InChI is InChI=1S/C10H18F2/c1-3-4-8(2)5-9-6-10(11,12)7-9/h8-9H,3-7H2,1-2H3. The van der Waals surface area contributed by atoms with E-state index in [0.29, 0.717) is 11.8 Å². The number of halogens is 2. The molecule has 1 aliphatic carbocycles. The smallest absolute Gasteiger partial charge is 0.207 e. The van der Waals surface area contributed by atoms with Crippen molar-refractivity contribution in [2.75, 3.05) is 0 Å². The van der Waals surface area contributed by atoms with Gasteiger partial charge in [-0.15, -0.1) is 0 Å². The fourth-order valence-electron chi connectivity index (χ4n) is 2.13. The molecule has 0 nitrogen and oxygen atoms in total. The van der Waals surface area contributed by atoms with Crippen molar-refractivity contribution in [2.24, 2.45) is 11.8 Å². The van der Waals surface area contributed by atoms with Crippen LogP contribution in [0.3, 0.4) is 0 Å². The molecule has 0 aliphatic heterocycles. The lowest BCUT2D eigenvalue weighted by Gasteiger charge is -2.36. The highest BCUT2D eigenvalue weighted by atomic mass is 19.3. The maximum absolute atomic E-state index is 12.4. The summed E-state index contributed by atoms with van der Waals surface area (Å²) in [5, 5.41) is 0. The van der Waals surface area contributed by atoms with Crippen molar-refractivity contribution in [3.8, 4) is 0 Å². The van der Waals surface area contributed by atoms with Gasteiger partial charge in [-0.25, -0.2) is 8.78 Å². The van der Waals surface area contributed by atoms with Gasteiger partial charge in [-0.2, -0.15) is 0 Å². The van der Waals surface area contributed by atoms with Crippen LogP contribution in [0.4, 0.5) is 8.78 Å². The quantitative estimate of drug-likeness (QED) is 0.610. The van der Waals surface area contributed by atoms with Crippen LogP contribution in [0.1, 0.15) is 46.0 Å².